The second-order valence-corrected chi connectivity index (χ2v) is 9.07. The number of fused-ring (bicyclic) bond motifs is 1. The molecular formula is C19H22O8. The standard InChI is InChI=1S/C19H22O8/c1-7-13(22)17-6-18(7,26)10(21)5-8(17)19-4-3-9(20)16(2,15(25)27-19)12(19)11(17)14(23)24/h3-4,8-13,20-22,26H,1,5-6H2,2H3,(H,23,24). The number of hydrogen-bond acceptors (Lipinski definition) is 7. The Balaban J connectivity index is 1.82. The number of aliphatic carboxylic acids is 1. The second-order valence-electron chi connectivity index (χ2n) is 9.07. The van der Waals surface area contributed by atoms with Crippen LogP contribution in [0, 0.1) is 28.6 Å². The Hall–Kier alpha value is -1.74. The predicted octanol–water partition coefficient (Wildman–Crippen LogP) is -1.03. The molecule has 0 aromatic heterocycles. The zero-order valence-corrected chi connectivity index (χ0v) is 14.7. The Morgan fingerprint density at radius 3 is 2.63 bits per heavy atom. The minimum Gasteiger partial charge on any atom is -0.481 e. The van der Waals surface area contributed by atoms with Gasteiger partial charge in [0, 0.05) is 17.3 Å². The van der Waals surface area contributed by atoms with Crippen molar-refractivity contribution in [2.24, 2.45) is 28.6 Å². The van der Waals surface area contributed by atoms with Crippen molar-refractivity contribution < 1.29 is 39.9 Å². The smallest absolute Gasteiger partial charge is 0.316 e. The summed E-state index contributed by atoms with van der Waals surface area (Å²) >= 11 is 0. The number of hydrogen-bond donors (Lipinski definition) is 5. The molecule has 1 heterocycles. The van der Waals surface area contributed by atoms with Crippen LogP contribution >= 0.6 is 0 Å². The van der Waals surface area contributed by atoms with E-state index in [1.165, 1.54) is 19.1 Å². The Labute approximate surface area is 154 Å². The van der Waals surface area contributed by atoms with E-state index in [2.05, 4.69) is 6.58 Å². The van der Waals surface area contributed by atoms with Crippen molar-refractivity contribution >= 4 is 11.9 Å². The highest BCUT2D eigenvalue weighted by Gasteiger charge is 2.86. The van der Waals surface area contributed by atoms with Gasteiger partial charge in [0.2, 0.25) is 0 Å². The van der Waals surface area contributed by atoms with Crippen LogP contribution < -0.4 is 0 Å². The molecule has 27 heavy (non-hydrogen) atoms. The summed E-state index contributed by atoms with van der Waals surface area (Å²) < 4.78 is 5.75. The molecule has 0 aromatic carbocycles. The van der Waals surface area contributed by atoms with E-state index < -0.39 is 70.0 Å². The molecule has 5 aliphatic rings. The first-order chi connectivity index (χ1) is 12.5. The van der Waals surface area contributed by atoms with Gasteiger partial charge in [0.15, 0.2) is 0 Å². The number of rotatable bonds is 1. The minimum atomic E-state index is -1.79. The number of aliphatic hydroxyl groups is 4. The molecule has 1 saturated heterocycles. The van der Waals surface area contributed by atoms with E-state index in [0.717, 1.165) is 0 Å². The van der Waals surface area contributed by atoms with E-state index in [1.54, 1.807) is 0 Å². The van der Waals surface area contributed by atoms with E-state index in [0.29, 0.717) is 0 Å². The maximum Gasteiger partial charge on any atom is 0.316 e. The van der Waals surface area contributed by atoms with E-state index in [1.807, 2.05) is 0 Å². The van der Waals surface area contributed by atoms with Crippen molar-refractivity contribution in [3.05, 3.63) is 24.3 Å². The molecule has 0 amide bonds. The SMILES string of the molecule is C=C1C(O)C23CC1(O)C(O)CC2C12C=CC(O)C(C)(C(=O)O1)C2C3C(=O)O. The summed E-state index contributed by atoms with van der Waals surface area (Å²) in [5, 5.41) is 53.3. The quantitative estimate of drug-likeness (QED) is 0.288. The third-order valence-electron chi connectivity index (χ3n) is 8.35. The summed E-state index contributed by atoms with van der Waals surface area (Å²) in [5.41, 5.74) is -5.99. The summed E-state index contributed by atoms with van der Waals surface area (Å²) in [6.07, 6.45) is -1.14. The fourth-order valence-corrected chi connectivity index (χ4v) is 7.13. The normalized spacial score (nSPS) is 60.2. The first-order valence-electron chi connectivity index (χ1n) is 9.09. The van der Waals surface area contributed by atoms with E-state index in [4.69, 9.17) is 4.74 Å². The molecule has 10 atom stereocenters. The lowest BCUT2D eigenvalue weighted by atomic mass is 9.60. The van der Waals surface area contributed by atoms with Gasteiger partial charge in [-0.2, -0.15) is 0 Å². The molecule has 4 aliphatic carbocycles. The average molecular weight is 378 g/mol. The van der Waals surface area contributed by atoms with Crippen LogP contribution in [0.4, 0.5) is 0 Å². The molecular weight excluding hydrogens is 356 g/mol. The number of carbonyl (C=O) groups excluding carboxylic acids is 1. The summed E-state index contributed by atoms with van der Waals surface area (Å²) in [6.45, 7) is 5.23. The Kier molecular flexibility index (Phi) is 2.87. The van der Waals surface area contributed by atoms with Crippen LogP contribution in [0.1, 0.15) is 19.8 Å². The van der Waals surface area contributed by atoms with Gasteiger partial charge in [0.05, 0.1) is 24.2 Å². The van der Waals surface area contributed by atoms with Crippen molar-refractivity contribution in [3.8, 4) is 0 Å². The molecule has 1 aliphatic heterocycles. The van der Waals surface area contributed by atoms with Crippen molar-refractivity contribution in [1.82, 2.24) is 0 Å². The third kappa shape index (κ3) is 1.44. The number of carboxylic acid groups (broad SMARTS) is 1. The van der Waals surface area contributed by atoms with Gasteiger partial charge < -0.3 is 30.3 Å². The van der Waals surface area contributed by atoms with Crippen molar-refractivity contribution in [2.75, 3.05) is 0 Å². The number of carboxylic acids is 1. The number of esters is 1. The van der Waals surface area contributed by atoms with E-state index in [-0.39, 0.29) is 18.4 Å². The van der Waals surface area contributed by atoms with Crippen LogP contribution in [-0.2, 0) is 14.3 Å². The predicted molar refractivity (Wildman–Crippen MR) is 88.0 cm³/mol. The average Bonchev–Trinajstić information content (AvgIpc) is 3.01. The van der Waals surface area contributed by atoms with Gasteiger partial charge in [-0.25, -0.2) is 0 Å². The maximum absolute atomic E-state index is 12.7. The molecule has 0 radical (unpaired) electrons. The molecule has 10 unspecified atom stereocenters. The second kappa shape index (κ2) is 4.46. The minimum absolute atomic E-state index is 0.00400. The maximum atomic E-state index is 12.7. The molecule has 4 fully saturated rings. The van der Waals surface area contributed by atoms with Crippen LogP contribution in [-0.4, -0.2) is 67.0 Å². The fourth-order valence-electron chi connectivity index (χ4n) is 7.13. The monoisotopic (exact) mass is 378 g/mol. The zero-order chi connectivity index (χ0) is 19.7. The Bertz CT molecular complexity index is 836. The lowest BCUT2D eigenvalue weighted by Crippen LogP contribution is -2.54. The molecule has 4 bridgehead atoms. The Morgan fingerprint density at radius 2 is 2.00 bits per heavy atom. The van der Waals surface area contributed by atoms with E-state index >= 15 is 0 Å². The topological polar surface area (TPSA) is 145 Å². The zero-order valence-electron chi connectivity index (χ0n) is 14.7. The van der Waals surface area contributed by atoms with Crippen LogP contribution in [0.15, 0.2) is 24.3 Å². The largest absolute Gasteiger partial charge is 0.481 e. The molecule has 1 spiro atoms. The molecule has 8 nitrogen and oxygen atoms in total. The van der Waals surface area contributed by atoms with Gasteiger partial charge in [-0.1, -0.05) is 12.7 Å². The van der Waals surface area contributed by atoms with Crippen LogP contribution in [0.2, 0.25) is 0 Å². The highest BCUT2D eigenvalue weighted by Crippen LogP contribution is 2.77. The fraction of sp³-hybridized carbons (Fsp3) is 0.684. The van der Waals surface area contributed by atoms with E-state index in [9.17, 15) is 35.1 Å². The van der Waals surface area contributed by atoms with Gasteiger partial charge in [-0.15, -0.1) is 0 Å². The molecule has 0 aromatic rings. The van der Waals surface area contributed by atoms with Gasteiger partial charge in [-0.05, 0) is 31.4 Å². The van der Waals surface area contributed by atoms with Gasteiger partial charge in [-0.3, -0.25) is 9.59 Å². The van der Waals surface area contributed by atoms with Crippen LogP contribution in [0.25, 0.3) is 0 Å². The number of aliphatic hydroxyl groups excluding tert-OH is 3. The summed E-state index contributed by atoms with van der Waals surface area (Å²) in [4.78, 5) is 25.2. The first-order valence-corrected chi connectivity index (χ1v) is 9.09. The molecule has 5 rings (SSSR count). The lowest BCUT2D eigenvalue weighted by Gasteiger charge is -2.46. The molecule has 3 saturated carbocycles. The highest BCUT2D eigenvalue weighted by molar-refractivity contribution is 5.86. The number of carbonyl (C=O) groups is 2. The summed E-state index contributed by atoms with van der Waals surface area (Å²) in [7, 11) is 0. The van der Waals surface area contributed by atoms with Gasteiger partial charge in [0.1, 0.15) is 16.6 Å². The van der Waals surface area contributed by atoms with Crippen molar-refractivity contribution in [2.45, 2.75) is 49.3 Å². The van der Waals surface area contributed by atoms with Crippen molar-refractivity contribution in [1.29, 1.82) is 0 Å². The van der Waals surface area contributed by atoms with Crippen LogP contribution in [0.5, 0.6) is 0 Å². The summed E-state index contributed by atoms with van der Waals surface area (Å²) in [5.74, 6) is -4.84. The molecule has 8 heteroatoms. The third-order valence-corrected chi connectivity index (χ3v) is 8.35. The van der Waals surface area contributed by atoms with Crippen molar-refractivity contribution in [3.63, 3.8) is 0 Å². The Morgan fingerprint density at radius 1 is 1.33 bits per heavy atom. The van der Waals surface area contributed by atoms with Crippen LogP contribution in [0.3, 0.4) is 0 Å². The molecule has 146 valence electrons. The first kappa shape index (κ1) is 17.4. The lowest BCUT2D eigenvalue weighted by molar-refractivity contribution is -0.175. The number of ether oxygens (including phenoxy) is 1. The summed E-state index contributed by atoms with van der Waals surface area (Å²) in [6, 6.07) is 0. The van der Waals surface area contributed by atoms with Gasteiger partial charge in [0.25, 0.3) is 0 Å². The molecule has 5 N–H and O–H groups in total. The van der Waals surface area contributed by atoms with Gasteiger partial charge >= 0.3 is 11.9 Å². The highest BCUT2D eigenvalue weighted by atomic mass is 16.6.